The van der Waals surface area contributed by atoms with Crippen LogP contribution < -0.4 is 5.56 Å². The van der Waals surface area contributed by atoms with Crippen LogP contribution in [0.15, 0.2) is 65.5 Å². The number of aryl methyl sites for hydroxylation is 1. The van der Waals surface area contributed by atoms with E-state index in [9.17, 15) is 9.59 Å². The molecule has 0 aliphatic heterocycles. The highest BCUT2D eigenvalue weighted by atomic mass is 16.5. The van der Waals surface area contributed by atoms with Gasteiger partial charge in [0, 0.05) is 18.5 Å². The molecule has 0 saturated carbocycles. The van der Waals surface area contributed by atoms with Gasteiger partial charge < -0.3 is 9.30 Å². The third-order valence-electron chi connectivity index (χ3n) is 4.41. The van der Waals surface area contributed by atoms with E-state index in [4.69, 9.17) is 4.74 Å². The minimum Gasteiger partial charge on any atom is -0.466 e. The first kappa shape index (κ1) is 17.9. The van der Waals surface area contributed by atoms with Crippen LogP contribution in [-0.2, 0) is 16.1 Å². The smallest absolute Gasteiger partial charge is 0.305 e. The summed E-state index contributed by atoms with van der Waals surface area (Å²) < 4.78 is 6.78. The number of para-hydroxylation sites is 1. The standard InChI is InChI=1S/C22H23NO3/c1-2-26-21(24)14-8-9-15-23-20-13-7-6-12-18(20)16-19(22(23)25)17-10-4-3-5-11-17/h3-7,10-13,16H,2,8-9,14-15H2,1H3. The number of aromatic nitrogens is 1. The van der Waals surface area contributed by atoms with Gasteiger partial charge in [-0.15, -0.1) is 0 Å². The number of fused-ring (bicyclic) bond motifs is 1. The molecule has 1 heterocycles. The van der Waals surface area contributed by atoms with Gasteiger partial charge in [-0.2, -0.15) is 0 Å². The first-order chi connectivity index (χ1) is 12.7. The van der Waals surface area contributed by atoms with Crippen molar-refractivity contribution in [3.63, 3.8) is 0 Å². The zero-order valence-electron chi connectivity index (χ0n) is 15.0. The second-order valence-corrected chi connectivity index (χ2v) is 6.20. The summed E-state index contributed by atoms with van der Waals surface area (Å²) in [7, 11) is 0. The number of carbonyl (C=O) groups excluding carboxylic acids is 1. The minimum atomic E-state index is -0.178. The van der Waals surface area contributed by atoms with Crippen LogP contribution in [0.25, 0.3) is 22.0 Å². The van der Waals surface area contributed by atoms with Gasteiger partial charge in [-0.1, -0.05) is 48.5 Å². The van der Waals surface area contributed by atoms with Crippen LogP contribution in [0.2, 0.25) is 0 Å². The van der Waals surface area contributed by atoms with E-state index in [1.807, 2.05) is 65.2 Å². The largest absolute Gasteiger partial charge is 0.466 e. The van der Waals surface area contributed by atoms with Crippen molar-refractivity contribution in [3.8, 4) is 11.1 Å². The first-order valence-electron chi connectivity index (χ1n) is 9.04. The van der Waals surface area contributed by atoms with E-state index in [0.717, 1.165) is 22.9 Å². The number of rotatable bonds is 7. The lowest BCUT2D eigenvalue weighted by molar-refractivity contribution is -0.143. The Bertz CT molecular complexity index is 945. The van der Waals surface area contributed by atoms with Crippen LogP contribution in [0.1, 0.15) is 26.2 Å². The van der Waals surface area contributed by atoms with E-state index in [1.54, 1.807) is 6.92 Å². The van der Waals surface area contributed by atoms with E-state index in [1.165, 1.54) is 0 Å². The van der Waals surface area contributed by atoms with Gasteiger partial charge in [-0.3, -0.25) is 9.59 Å². The lowest BCUT2D eigenvalue weighted by Crippen LogP contribution is -2.22. The zero-order chi connectivity index (χ0) is 18.4. The van der Waals surface area contributed by atoms with Crippen molar-refractivity contribution in [2.24, 2.45) is 0 Å². The SMILES string of the molecule is CCOC(=O)CCCCn1c(=O)c(-c2ccccc2)cc2ccccc21. The maximum absolute atomic E-state index is 13.1. The van der Waals surface area contributed by atoms with Gasteiger partial charge in [-0.25, -0.2) is 0 Å². The van der Waals surface area contributed by atoms with Crippen LogP contribution in [0.4, 0.5) is 0 Å². The fraction of sp³-hybridized carbons (Fsp3) is 0.273. The number of pyridine rings is 1. The molecule has 0 N–H and O–H groups in total. The molecule has 3 aromatic rings. The lowest BCUT2D eigenvalue weighted by atomic mass is 10.0. The molecule has 26 heavy (non-hydrogen) atoms. The Morgan fingerprint density at radius 1 is 1.00 bits per heavy atom. The quantitative estimate of drug-likeness (QED) is 0.469. The minimum absolute atomic E-state index is 0.00559. The molecule has 0 unspecified atom stereocenters. The molecular weight excluding hydrogens is 326 g/mol. The molecule has 0 aliphatic carbocycles. The molecule has 4 nitrogen and oxygen atoms in total. The highest BCUT2D eigenvalue weighted by Crippen LogP contribution is 2.21. The van der Waals surface area contributed by atoms with Gasteiger partial charge >= 0.3 is 5.97 Å². The van der Waals surface area contributed by atoms with Crippen LogP contribution >= 0.6 is 0 Å². The summed E-state index contributed by atoms with van der Waals surface area (Å²) in [5, 5.41) is 1.04. The Hall–Kier alpha value is -2.88. The van der Waals surface area contributed by atoms with Gasteiger partial charge in [0.2, 0.25) is 0 Å². The first-order valence-corrected chi connectivity index (χ1v) is 9.04. The van der Waals surface area contributed by atoms with Crippen molar-refractivity contribution < 1.29 is 9.53 Å². The Kier molecular flexibility index (Phi) is 5.84. The average Bonchev–Trinajstić information content (AvgIpc) is 2.67. The molecular formula is C22H23NO3. The maximum Gasteiger partial charge on any atom is 0.305 e. The molecule has 0 amide bonds. The van der Waals surface area contributed by atoms with E-state index in [2.05, 4.69) is 0 Å². The van der Waals surface area contributed by atoms with Crippen LogP contribution in [0, 0.1) is 0 Å². The maximum atomic E-state index is 13.1. The van der Waals surface area contributed by atoms with Crippen molar-refractivity contribution in [1.29, 1.82) is 0 Å². The summed E-state index contributed by atoms with van der Waals surface area (Å²) in [5.41, 5.74) is 2.55. The summed E-state index contributed by atoms with van der Waals surface area (Å²) in [5.74, 6) is -0.178. The van der Waals surface area contributed by atoms with E-state index < -0.39 is 0 Å². The van der Waals surface area contributed by atoms with Gasteiger partial charge in [0.25, 0.3) is 5.56 Å². The van der Waals surface area contributed by atoms with Gasteiger partial charge in [-0.05, 0) is 42.8 Å². The van der Waals surface area contributed by atoms with Crippen molar-refractivity contribution in [1.82, 2.24) is 4.57 Å². The number of unbranched alkanes of at least 4 members (excludes halogenated alkanes) is 1. The Morgan fingerprint density at radius 3 is 2.50 bits per heavy atom. The molecule has 2 aromatic carbocycles. The number of benzene rings is 2. The van der Waals surface area contributed by atoms with Crippen molar-refractivity contribution >= 4 is 16.9 Å². The van der Waals surface area contributed by atoms with Crippen molar-refractivity contribution in [3.05, 3.63) is 71.0 Å². The normalized spacial score (nSPS) is 10.8. The molecule has 0 saturated heterocycles. The monoisotopic (exact) mass is 349 g/mol. The molecule has 3 rings (SSSR count). The summed E-state index contributed by atoms with van der Waals surface area (Å²) in [6, 6.07) is 19.6. The molecule has 0 atom stereocenters. The number of hydrogen-bond donors (Lipinski definition) is 0. The van der Waals surface area contributed by atoms with E-state index in [0.29, 0.717) is 31.6 Å². The summed E-state index contributed by atoms with van der Waals surface area (Å²) in [6.07, 6.45) is 1.84. The molecule has 0 aliphatic rings. The second-order valence-electron chi connectivity index (χ2n) is 6.20. The Morgan fingerprint density at radius 2 is 1.73 bits per heavy atom. The second kappa shape index (κ2) is 8.48. The molecule has 4 heteroatoms. The average molecular weight is 349 g/mol. The summed E-state index contributed by atoms with van der Waals surface area (Å²) >= 11 is 0. The third-order valence-corrected chi connectivity index (χ3v) is 4.41. The third kappa shape index (κ3) is 4.02. The molecule has 0 radical (unpaired) electrons. The van der Waals surface area contributed by atoms with Crippen LogP contribution in [0.3, 0.4) is 0 Å². The van der Waals surface area contributed by atoms with Crippen LogP contribution in [-0.4, -0.2) is 17.1 Å². The van der Waals surface area contributed by atoms with Gasteiger partial charge in [0.05, 0.1) is 12.1 Å². The predicted molar refractivity (Wildman–Crippen MR) is 104 cm³/mol. The number of nitrogens with zero attached hydrogens (tertiary/aromatic N) is 1. The lowest BCUT2D eigenvalue weighted by Gasteiger charge is -2.13. The topological polar surface area (TPSA) is 48.3 Å². The van der Waals surface area contributed by atoms with Gasteiger partial charge in [0.1, 0.15) is 0 Å². The van der Waals surface area contributed by atoms with E-state index in [-0.39, 0.29) is 11.5 Å². The highest BCUT2D eigenvalue weighted by molar-refractivity contribution is 5.84. The van der Waals surface area contributed by atoms with Crippen molar-refractivity contribution in [2.45, 2.75) is 32.7 Å². The molecule has 0 fully saturated rings. The molecule has 134 valence electrons. The number of esters is 1. The molecule has 1 aromatic heterocycles. The molecule has 0 spiro atoms. The highest BCUT2D eigenvalue weighted by Gasteiger charge is 2.11. The van der Waals surface area contributed by atoms with Gasteiger partial charge in [0.15, 0.2) is 0 Å². The fourth-order valence-electron chi connectivity index (χ4n) is 3.15. The van der Waals surface area contributed by atoms with Crippen LogP contribution in [0.5, 0.6) is 0 Å². The van der Waals surface area contributed by atoms with Crippen molar-refractivity contribution in [2.75, 3.05) is 6.61 Å². The number of carbonyl (C=O) groups is 1. The zero-order valence-corrected chi connectivity index (χ0v) is 15.0. The number of hydrogen-bond acceptors (Lipinski definition) is 3. The molecule has 0 bridgehead atoms. The summed E-state index contributed by atoms with van der Waals surface area (Å²) in [4.78, 5) is 24.6. The fourth-order valence-corrected chi connectivity index (χ4v) is 3.15. The number of ether oxygens (including phenoxy) is 1. The Balaban J connectivity index is 1.89. The van der Waals surface area contributed by atoms with E-state index >= 15 is 0 Å². The summed E-state index contributed by atoms with van der Waals surface area (Å²) in [6.45, 7) is 2.79. The predicted octanol–water partition coefficient (Wildman–Crippen LogP) is 4.40. The Labute approximate surface area is 153 Å².